The van der Waals surface area contributed by atoms with E-state index >= 15 is 0 Å². The van der Waals surface area contributed by atoms with Gasteiger partial charge >= 0.3 is 0 Å². The van der Waals surface area contributed by atoms with Gasteiger partial charge < -0.3 is 15.4 Å². The van der Waals surface area contributed by atoms with Crippen molar-refractivity contribution in [3.8, 4) is 5.75 Å². The van der Waals surface area contributed by atoms with Gasteiger partial charge in [0.15, 0.2) is 0 Å². The molecule has 3 unspecified atom stereocenters. The number of carbonyl (C=O) groups is 1. The van der Waals surface area contributed by atoms with Gasteiger partial charge in [0.1, 0.15) is 11.9 Å². The molecule has 4 nitrogen and oxygen atoms in total. The number of benzene rings is 1. The van der Waals surface area contributed by atoms with Crippen LogP contribution in [0.3, 0.4) is 0 Å². The fraction of sp³-hybridized carbons (Fsp3) is 0.650. The molecule has 4 heteroatoms. The topological polar surface area (TPSA) is 50.4 Å². The molecular weight excluding hydrogens is 300 g/mol. The summed E-state index contributed by atoms with van der Waals surface area (Å²) in [6.45, 7) is 9.05. The van der Waals surface area contributed by atoms with Gasteiger partial charge in [-0.05, 0) is 62.7 Å². The van der Waals surface area contributed by atoms with Crippen molar-refractivity contribution in [3.63, 3.8) is 0 Å². The number of amides is 1. The van der Waals surface area contributed by atoms with Crippen LogP contribution in [0.1, 0.15) is 45.1 Å². The zero-order valence-electron chi connectivity index (χ0n) is 15.3. The minimum atomic E-state index is 0.0155. The molecule has 3 atom stereocenters. The summed E-state index contributed by atoms with van der Waals surface area (Å²) < 4.78 is 6.04. The predicted octanol–water partition coefficient (Wildman–Crippen LogP) is 3.29. The molecule has 1 aromatic carbocycles. The number of ether oxygens (including phenoxy) is 1. The standard InChI is InChI=1S/C20H32N2O2/c1-4-18(24-19-10-6-5-8-15(19)2)14-22-20(23)12-16(3)17-9-7-11-21-13-17/h5-6,8,10,16-18,21H,4,7,9,11-14H2,1-3H3,(H,22,23). The van der Waals surface area contributed by atoms with Crippen LogP contribution < -0.4 is 15.4 Å². The second-order valence-corrected chi connectivity index (χ2v) is 7.01. The Morgan fingerprint density at radius 3 is 2.88 bits per heavy atom. The van der Waals surface area contributed by atoms with Crippen molar-refractivity contribution in [2.75, 3.05) is 19.6 Å². The molecule has 0 bridgehead atoms. The molecule has 0 spiro atoms. The summed E-state index contributed by atoms with van der Waals surface area (Å²) in [5, 5.41) is 6.49. The highest BCUT2D eigenvalue weighted by Gasteiger charge is 2.22. The van der Waals surface area contributed by atoms with E-state index in [0.29, 0.717) is 24.8 Å². The number of carbonyl (C=O) groups excluding carboxylic acids is 1. The van der Waals surface area contributed by atoms with Crippen LogP contribution in [0.2, 0.25) is 0 Å². The van der Waals surface area contributed by atoms with Crippen LogP contribution in [0, 0.1) is 18.8 Å². The fourth-order valence-electron chi connectivity index (χ4n) is 3.26. The number of hydrogen-bond acceptors (Lipinski definition) is 3. The van der Waals surface area contributed by atoms with E-state index in [1.54, 1.807) is 0 Å². The summed E-state index contributed by atoms with van der Waals surface area (Å²) in [6.07, 6.45) is 3.94. The highest BCUT2D eigenvalue weighted by Crippen LogP contribution is 2.22. The Balaban J connectivity index is 1.75. The van der Waals surface area contributed by atoms with E-state index < -0.39 is 0 Å². The minimum absolute atomic E-state index is 0.0155. The Kier molecular flexibility index (Phi) is 7.57. The smallest absolute Gasteiger partial charge is 0.220 e. The Morgan fingerprint density at radius 2 is 2.21 bits per heavy atom. The largest absolute Gasteiger partial charge is 0.488 e. The van der Waals surface area contributed by atoms with E-state index in [4.69, 9.17) is 4.74 Å². The maximum atomic E-state index is 12.2. The molecule has 1 amide bonds. The monoisotopic (exact) mass is 332 g/mol. The average Bonchev–Trinajstić information content (AvgIpc) is 2.60. The first-order valence-corrected chi connectivity index (χ1v) is 9.29. The molecule has 1 aliphatic heterocycles. The second kappa shape index (κ2) is 9.67. The molecule has 1 aromatic rings. The molecule has 1 aliphatic rings. The van der Waals surface area contributed by atoms with E-state index in [0.717, 1.165) is 30.8 Å². The zero-order chi connectivity index (χ0) is 17.4. The first kappa shape index (κ1) is 18.8. The van der Waals surface area contributed by atoms with Gasteiger partial charge in [-0.3, -0.25) is 4.79 Å². The molecule has 2 rings (SSSR count). The number of piperidine rings is 1. The van der Waals surface area contributed by atoms with Gasteiger partial charge in [-0.2, -0.15) is 0 Å². The van der Waals surface area contributed by atoms with Crippen LogP contribution in [0.4, 0.5) is 0 Å². The number of rotatable bonds is 8. The summed E-state index contributed by atoms with van der Waals surface area (Å²) in [4.78, 5) is 12.2. The van der Waals surface area contributed by atoms with Crippen molar-refractivity contribution in [2.45, 2.75) is 52.6 Å². The van der Waals surface area contributed by atoms with Crippen LogP contribution in [0.15, 0.2) is 24.3 Å². The summed E-state index contributed by atoms with van der Waals surface area (Å²) in [5.41, 5.74) is 1.13. The highest BCUT2D eigenvalue weighted by atomic mass is 16.5. The molecule has 0 aromatic heterocycles. The van der Waals surface area contributed by atoms with E-state index in [9.17, 15) is 4.79 Å². The Morgan fingerprint density at radius 1 is 1.42 bits per heavy atom. The maximum Gasteiger partial charge on any atom is 0.220 e. The minimum Gasteiger partial charge on any atom is -0.488 e. The Bertz CT molecular complexity index is 512. The van der Waals surface area contributed by atoms with Crippen LogP contribution in [-0.4, -0.2) is 31.6 Å². The van der Waals surface area contributed by atoms with Crippen LogP contribution in [0.25, 0.3) is 0 Å². The Hall–Kier alpha value is -1.55. The summed E-state index contributed by atoms with van der Waals surface area (Å²) in [7, 11) is 0. The van der Waals surface area contributed by atoms with E-state index in [1.807, 2.05) is 31.2 Å². The predicted molar refractivity (Wildman–Crippen MR) is 98.3 cm³/mol. The molecule has 1 fully saturated rings. The van der Waals surface area contributed by atoms with Gasteiger partial charge in [-0.15, -0.1) is 0 Å². The van der Waals surface area contributed by atoms with Crippen molar-refractivity contribution in [2.24, 2.45) is 11.8 Å². The third-order valence-corrected chi connectivity index (χ3v) is 5.02. The fourth-order valence-corrected chi connectivity index (χ4v) is 3.26. The van der Waals surface area contributed by atoms with Crippen LogP contribution in [-0.2, 0) is 4.79 Å². The first-order chi connectivity index (χ1) is 11.6. The van der Waals surface area contributed by atoms with Gasteiger partial charge in [0.2, 0.25) is 5.91 Å². The van der Waals surface area contributed by atoms with E-state index in [-0.39, 0.29) is 12.0 Å². The van der Waals surface area contributed by atoms with Gasteiger partial charge in [-0.1, -0.05) is 32.0 Å². The zero-order valence-corrected chi connectivity index (χ0v) is 15.3. The maximum absolute atomic E-state index is 12.2. The number of hydrogen-bond donors (Lipinski definition) is 2. The second-order valence-electron chi connectivity index (χ2n) is 7.01. The van der Waals surface area contributed by atoms with Crippen molar-refractivity contribution < 1.29 is 9.53 Å². The van der Waals surface area contributed by atoms with Gasteiger partial charge in [0.25, 0.3) is 0 Å². The molecule has 0 radical (unpaired) electrons. The van der Waals surface area contributed by atoms with Crippen molar-refractivity contribution in [1.29, 1.82) is 0 Å². The van der Waals surface area contributed by atoms with Gasteiger partial charge in [-0.25, -0.2) is 0 Å². The van der Waals surface area contributed by atoms with E-state index in [2.05, 4.69) is 24.5 Å². The van der Waals surface area contributed by atoms with Gasteiger partial charge in [0, 0.05) is 6.42 Å². The molecule has 0 aliphatic carbocycles. The third kappa shape index (κ3) is 5.82. The summed E-state index contributed by atoms with van der Waals surface area (Å²) in [6, 6.07) is 8.01. The van der Waals surface area contributed by atoms with Gasteiger partial charge in [0.05, 0.1) is 6.54 Å². The average molecular weight is 332 g/mol. The lowest BCUT2D eigenvalue weighted by molar-refractivity contribution is -0.122. The lowest BCUT2D eigenvalue weighted by atomic mass is 9.85. The quantitative estimate of drug-likeness (QED) is 0.768. The number of para-hydroxylation sites is 1. The molecule has 24 heavy (non-hydrogen) atoms. The SMILES string of the molecule is CCC(CNC(=O)CC(C)C1CCCNC1)Oc1ccccc1C. The number of nitrogens with one attached hydrogen (secondary N) is 2. The van der Waals surface area contributed by atoms with E-state index in [1.165, 1.54) is 12.8 Å². The first-order valence-electron chi connectivity index (χ1n) is 9.29. The summed E-state index contributed by atoms with van der Waals surface area (Å²) >= 11 is 0. The third-order valence-electron chi connectivity index (χ3n) is 5.02. The molecule has 1 saturated heterocycles. The van der Waals surface area contributed by atoms with Crippen LogP contribution in [0.5, 0.6) is 5.75 Å². The van der Waals surface area contributed by atoms with Crippen LogP contribution >= 0.6 is 0 Å². The number of aryl methyl sites for hydroxylation is 1. The highest BCUT2D eigenvalue weighted by molar-refractivity contribution is 5.76. The van der Waals surface area contributed by atoms with Crippen molar-refractivity contribution in [3.05, 3.63) is 29.8 Å². The molecule has 2 N–H and O–H groups in total. The molecular formula is C20H32N2O2. The molecule has 1 heterocycles. The normalized spacial score (nSPS) is 20.2. The molecule has 0 saturated carbocycles. The lowest BCUT2D eigenvalue weighted by Gasteiger charge is -2.28. The Labute approximate surface area is 146 Å². The molecule has 134 valence electrons. The van der Waals surface area contributed by atoms with Crippen molar-refractivity contribution in [1.82, 2.24) is 10.6 Å². The summed E-state index contributed by atoms with van der Waals surface area (Å²) in [5.74, 6) is 2.09. The van der Waals surface area contributed by atoms with Crippen molar-refractivity contribution >= 4 is 5.91 Å². The lowest BCUT2D eigenvalue weighted by Crippen LogP contribution is -2.38.